The number of aromatic nitrogens is 2. The highest BCUT2D eigenvalue weighted by Crippen LogP contribution is 2.56. The lowest BCUT2D eigenvalue weighted by Crippen LogP contribution is -2.23. The molecule has 1 aliphatic carbocycles. The fourth-order valence-corrected chi connectivity index (χ4v) is 4.49. The first kappa shape index (κ1) is 13.3. The Morgan fingerprint density at radius 1 is 1.19 bits per heavy atom. The largest absolute Gasteiger partial charge is 0.390 e. The molecule has 0 spiro atoms. The number of fused-ring (bicyclic) bond motifs is 1. The van der Waals surface area contributed by atoms with Crippen molar-refractivity contribution in [1.82, 2.24) is 10.1 Å². The van der Waals surface area contributed by atoms with Crippen LogP contribution in [0.25, 0.3) is 11.5 Å². The van der Waals surface area contributed by atoms with Gasteiger partial charge in [0.15, 0.2) is 5.82 Å². The monoisotopic (exact) mass is 305 g/mol. The van der Waals surface area contributed by atoms with Crippen LogP contribution in [0, 0.1) is 0 Å². The van der Waals surface area contributed by atoms with Gasteiger partial charge in [0, 0.05) is 16.4 Å². The van der Waals surface area contributed by atoms with Crippen LogP contribution in [0.3, 0.4) is 0 Å². The lowest BCUT2D eigenvalue weighted by Gasteiger charge is -2.25. The molecule has 21 heavy (non-hydrogen) atoms. The van der Waals surface area contributed by atoms with E-state index in [1.54, 1.807) is 11.3 Å². The highest BCUT2D eigenvalue weighted by Gasteiger charge is 2.48. The summed E-state index contributed by atoms with van der Waals surface area (Å²) in [5.74, 6) is 1.80. The van der Waals surface area contributed by atoms with Crippen molar-refractivity contribution in [2.45, 2.75) is 57.7 Å². The minimum Gasteiger partial charge on any atom is -0.390 e. The van der Waals surface area contributed by atoms with Crippen LogP contribution in [0.1, 0.15) is 62.7 Å². The van der Waals surface area contributed by atoms with Gasteiger partial charge in [0.2, 0.25) is 0 Å². The van der Waals surface area contributed by atoms with Crippen molar-refractivity contribution >= 4 is 16.3 Å². The molecule has 2 N–H and O–H groups in total. The smallest absolute Gasteiger partial charge is 0.261 e. The average molecular weight is 305 g/mol. The number of nitrogen functional groups attached to an aromatic ring is 1. The van der Waals surface area contributed by atoms with Gasteiger partial charge in [0.05, 0.1) is 21.8 Å². The van der Waals surface area contributed by atoms with Crippen LogP contribution < -0.4 is 5.73 Å². The summed E-state index contributed by atoms with van der Waals surface area (Å²) in [7, 11) is 0. The average Bonchev–Trinajstić information content (AvgIpc) is 2.92. The first-order valence-corrected chi connectivity index (χ1v) is 8.08. The number of nitrogens with zero attached hydrogens (tertiary/aromatic N) is 2. The van der Waals surface area contributed by atoms with Gasteiger partial charge in [0.25, 0.3) is 5.89 Å². The van der Waals surface area contributed by atoms with Gasteiger partial charge in [-0.25, -0.2) is 0 Å². The Balaban J connectivity index is 1.90. The predicted octanol–water partition coefficient (Wildman–Crippen LogP) is 3.76. The third-order valence-corrected chi connectivity index (χ3v) is 5.52. The number of ether oxygens (including phenoxy) is 1. The van der Waals surface area contributed by atoms with Gasteiger partial charge in [-0.05, 0) is 40.5 Å². The van der Waals surface area contributed by atoms with Gasteiger partial charge >= 0.3 is 0 Å². The minimum atomic E-state index is -0.406. The maximum absolute atomic E-state index is 6.26. The summed E-state index contributed by atoms with van der Waals surface area (Å²) in [4.78, 5) is 5.72. The van der Waals surface area contributed by atoms with Crippen molar-refractivity contribution in [3.63, 3.8) is 0 Å². The quantitative estimate of drug-likeness (QED) is 0.914. The fraction of sp³-hybridized carbons (Fsp3) is 0.600. The Hall–Kier alpha value is -1.40. The van der Waals surface area contributed by atoms with Crippen LogP contribution in [-0.4, -0.2) is 10.1 Å². The van der Waals surface area contributed by atoms with Crippen molar-refractivity contribution < 1.29 is 9.26 Å². The molecule has 2 aliphatic rings. The molecule has 4 rings (SSSR count). The summed E-state index contributed by atoms with van der Waals surface area (Å²) in [5.41, 5.74) is 7.48. The normalized spacial score (nSPS) is 22.5. The molecular weight excluding hydrogens is 286 g/mol. The van der Waals surface area contributed by atoms with Gasteiger partial charge in [-0.15, -0.1) is 11.3 Å². The van der Waals surface area contributed by atoms with Gasteiger partial charge < -0.3 is 15.0 Å². The van der Waals surface area contributed by atoms with Crippen LogP contribution >= 0.6 is 11.3 Å². The van der Waals surface area contributed by atoms with Crippen LogP contribution in [0.15, 0.2) is 4.52 Å². The second-order valence-corrected chi connectivity index (χ2v) is 7.95. The van der Waals surface area contributed by atoms with E-state index in [1.807, 2.05) is 0 Å². The third-order valence-electron chi connectivity index (χ3n) is 4.19. The van der Waals surface area contributed by atoms with E-state index in [0.717, 1.165) is 39.7 Å². The molecule has 0 atom stereocenters. The highest BCUT2D eigenvalue weighted by atomic mass is 32.1. The molecule has 0 amide bonds. The van der Waals surface area contributed by atoms with Gasteiger partial charge in [0.1, 0.15) is 0 Å². The second-order valence-electron chi connectivity index (χ2n) is 6.90. The number of anilines is 1. The van der Waals surface area contributed by atoms with E-state index in [2.05, 4.69) is 37.8 Å². The molecule has 1 saturated carbocycles. The zero-order chi connectivity index (χ0) is 15.0. The maximum Gasteiger partial charge on any atom is 0.261 e. The molecule has 2 aromatic rings. The molecule has 0 bridgehead atoms. The predicted molar refractivity (Wildman–Crippen MR) is 81.1 cm³/mol. The van der Waals surface area contributed by atoms with Crippen molar-refractivity contribution in [1.29, 1.82) is 0 Å². The SMILES string of the molecule is CC1(C)OC(C)(C)c2c1sc(N)c2-c1nc(C2CC2)no1. The summed E-state index contributed by atoms with van der Waals surface area (Å²) < 4.78 is 11.7. The summed E-state index contributed by atoms with van der Waals surface area (Å²) in [5, 5.41) is 4.84. The first-order valence-electron chi connectivity index (χ1n) is 7.27. The molecule has 2 aromatic heterocycles. The minimum absolute atomic E-state index is 0.338. The van der Waals surface area contributed by atoms with E-state index >= 15 is 0 Å². The highest BCUT2D eigenvalue weighted by molar-refractivity contribution is 7.17. The van der Waals surface area contributed by atoms with E-state index in [-0.39, 0.29) is 5.60 Å². The number of hydrogen-bond acceptors (Lipinski definition) is 6. The summed E-state index contributed by atoms with van der Waals surface area (Å²) in [6.45, 7) is 8.27. The Kier molecular flexibility index (Phi) is 2.44. The van der Waals surface area contributed by atoms with Crippen LogP contribution in [0.4, 0.5) is 5.00 Å². The van der Waals surface area contributed by atoms with E-state index in [0.29, 0.717) is 11.8 Å². The topological polar surface area (TPSA) is 74.2 Å². The van der Waals surface area contributed by atoms with Gasteiger partial charge in [-0.2, -0.15) is 4.98 Å². The van der Waals surface area contributed by atoms with Gasteiger partial charge in [-0.1, -0.05) is 5.16 Å². The maximum atomic E-state index is 6.26. The number of rotatable bonds is 2. The summed E-state index contributed by atoms with van der Waals surface area (Å²) >= 11 is 1.57. The van der Waals surface area contributed by atoms with E-state index in [9.17, 15) is 0 Å². The molecule has 0 aromatic carbocycles. The Morgan fingerprint density at radius 3 is 2.57 bits per heavy atom. The third kappa shape index (κ3) is 1.85. The molecule has 6 heteroatoms. The lowest BCUT2D eigenvalue weighted by atomic mass is 9.94. The van der Waals surface area contributed by atoms with Gasteiger partial charge in [-0.3, -0.25) is 0 Å². The second kappa shape index (κ2) is 3.87. The van der Waals surface area contributed by atoms with E-state index < -0.39 is 5.60 Å². The zero-order valence-electron chi connectivity index (χ0n) is 12.7. The molecule has 0 saturated heterocycles. The Bertz CT molecular complexity index is 725. The van der Waals surface area contributed by atoms with Crippen molar-refractivity contribution in [2.75, 3.05) is 5.73 Å². The standard InChI is InChI=1S/C15H19N3O2S/c1-14(2)9-8(11(16)21-10(9)15(3,4)20-14)13-17-12(18-19-13)7-5-6-7/h7H,5-6,16H2,1-4H3. The first-order chi connectivity index (χ1) is 9.79. The molecule has 1 aliphatic heterocycles. The number of nitrogens with two attached hydrogens (primary N) is 1. The molecule has 1 fully saturated rings. The van der Waals surface area contributed by atoms with Crippen molar-refractivity contribution in [2.24, 2.45) is 0 Å². The molecule has 0 radical (unpaired) electrons. The molecule has 0 unspecified atom stereocenters. The van der Waals surface area contributed by atoms with Crippen LogP contribution in [-0.2, 0) is 15.9 Å². The van der Waals surface area contributed by atoms with Crippen molar-refractivity contribution in [3.05, 3.63) is 16.3 Å². The molecule has 112 valence electrons. The van der Waals surface area contributed by atoms with Crippen LogP contribution in [0.2, 0.25) is 0 Å². The molecular formula is C15H19N3O2S. The number of thiophene rings is 1. The number of hydrogen-bond donors (Lipinski definition) is 1. The van der Waals surface area contributed by atoms with E-state index in [1.165, 1.54) is 0 Å². The Morgan fingerprint density at radius 2 is 1.90 bits per heavy atom. The Labute approximate surface area is 127 Å². The van der Waals surface area contributed by atoms with Crippen LogP contribution in [0.5, 0.6) is 0 Å². The molecule has 5 nitrogen and oxygen atoms in total. The lowest BCUT2D eigenvalue weighted by molar-refractivity contribution is -0.104. The zero-order valence-corrected chi connectivity index (χ0v) is 13.5. The molecule has 3 heterocycles. The van der Waals surface area contributed by atoms with E-state index in [4.69, 9.17) is 15.0 Å². The fourth-order valence-electron chi connectivity index (χ4n) is 3.24. The summed E-state index contributed by atoms with van der Waals surface area (Å²) in [6.07, 6.45) is 2.30. The summed E-state index contributed by atoms with van der Waals surface area (Å²) in [6, 6.07) is 0. The van der Waals surface area contributed by atoms with Crippen molar-refractivity contribution in [3.8, 4) is 11.5 Å².